The highest BCUT2D eigenvalue weighted by Gasteiger charge is 2.26. The van der Waals surface area contributed by atoms with E-state index >= 15 is 0 Å². The van der Waals surface area contributed by atoms with Crippen LogP contribution in [0.15, 0.2) is 36.4 Å². The van der Waals surface area contributed by atoms with E-state index in [-0.39, 0.29) is 17.7 Å². The molecule has 1 aliphatic carbocycles. The van der Waals surface area contributed by atoms with E-state index in [2.05, 4.69) is 47.2 Å². The summed E-state index contributed by atoms with van der Waals surface area (Å²) in [6, 6.07) is 12.4. The van der Waals surface area contributed by atoms with E-state index in [1.165, 1.54) is 17.8 Å². The minimum atomic E-state index is -0.181. The largest absolute Gasteiger partial charge is 0.341 e. The van der Waals surface area contributed by atoms with Crippen molar-refractivity contribution in [2.24, 2.45) is 5.92 Å². The lowest BCUT2D eigenvalue weighted by Crippen LogP contribution is -2.33. The van der Waals surface area contributed by atoms with Crippen LogP contribution in [0.3, 0.4) is 0 Å². The van der Waals surface area contributed by atoms with Gasteiger partial charge < -0.3 is 15.2 Å². The van der Waals surface area contributed by atoms with Crippen molar-refractivity contribution in [1.82, 2.24) is 4.98 Å². The molecule has 3 aromatic rings. The van der Waals surface area contributed by atoms with Crippen molar-refractivity contribution in [2.75, 3.05) is 24.3 Å². The number of hydrogen-bond donors (Lipinski definition) is 2. The second-order valence-corrected chi connectivity index (χ2v) is 11.7. The minimum absolute atomic E-state index is 0.0886. The first-order chi connectivity index (χ1) is 18.9. The van der Waals surface area contributed by atoms with Gasteiger partial charge >= 0.3 is 0 Å². The number of aryl methyl sites for hydroxylation is 1. The number of nitriles is 1. The highest BCUT2D eigenvalue weighted by atomic mass is 32.1. The van der Waals surface area contributed by atoms with Crippen LogP contribution in [0, 0.1) is 17.2 Å². The fraction of sp³-hybridized carbons (Fsp3) is 0.419. The van der Waals surface area contributed by atoms with Gasteiger partial charge in [0, 0.05) is 52.8 Å². The quantitative estimate of drug-likeness (QED) is 0.324. The molecule has 0 bridgehead atoms. The molecule has 2 N–H and O–H groups in total. The maximum Gasteiger partial charge on any atom is 0.266 e. The highest BCUT2D eigenvalue weighted by Crippen LogP contribution is 2.33. The van der Waals surface area contributed by atoms with Crippen LogP contribution in [0.4, 0.5) is 11.5 Å². The number of likely N-dealkylation sites (N-methyl/N-ethyl adjacent to an activating group) is 1. The molecule has 1 fully saturated rings. The molecule has 1 aromatic carbocycles. The zero-order valence-corrected chi connectivity index (χ0v) is 23.7. The van der Waals surface area contributed by atoms with Gasteiger partial charge in [0.15, 0.2) is 12.3 Å². The first-order valence-corrected chi connectivity index (χ1v) is 14.7. The van der Waals surface area contributed by atoms with Gasteiger partial charge in [-0.15, -0.1) is 11.3 Å². The predicted octanol–water partition coefficient (Wildman–Crippen LogP) is 6.37. The molecule has 2 aromatic heterocycles. The number of nitrogens with one attached hydrogen (secondary N) is 2. The lowest BCUT2D eigenvalue weighted by molar-refractivity contribution is -0.517. The van der Waals surface area contributed by atoms with E-state index in [0.29, 0.717) is 29.6 Å². The molecular formula is C31H36N5O2S+. The van der Waals surface area contributed by atoms with Gasteiger partial charge in [-0.1, -0.05) is 32.3 Å². The number of H-pyrrole nitrogens is 1. The van der Waals surface area contributed by atoms with Crippen LogP contribution < -0.4 is 10.2 Å². The van der Waals surface area contributed by atoms with Gasteiger partial charge in [-0.05, 0) is 49.6 Å². The molecule has 5 rings (SSSR count). The van der Waals surface area contributed by atoms with Gasteiger partial charge in [0.25, 0.3) is 5.91 Å². The second-order valence-electron chi connectivity index (χ2n) is 10.6. The van der Waals surface area contributed by atoms with Gasteiger partial charge in [0.1, 0.15) is 12.9 Å². The maximum atomic E-state index is 13.3. The second kappa shape index (κ2) is 11.6. The van der Waals surface area contributed by atoms with Gasteiger partial charge in [0.2, 0.25) is 5.91 Å². The number of allylic oxidation sites excluding steroid dienone is 1. The molecule has 0 radical (unpaired) electrons. The lowest BCUT2D eigenvalue weighted by atomic mass is 9.88. The normalized spacial score (nSPS) is 17.5. The van der Waals surface area contributed by atoms with Crippen molar-refractivity contribution in [3.05, 3.63) is 51.7 Å². The lowest BCUT2D eigenvalue weighted by Gasteiger charge is -2.26. The van der Waals surface area contributed by atoms with E-state index in [9.17, 15) is 14.9 Å². The van der Waals surface area contributed by atoms with Crippen molar-refractivity contribution in [1.29, 1.82) is 5.26 Å². The molecule has 2 aliphatic rings. The summed E-state index contributed by atoms with van der Waals surface area (Å²) in [5.74, 6) is 0.680. The number of carbonyl (C=O) groups excluding carboxylic acids is 2. The summed E-state index contributed by atoms with van der Waals surface area (Å²) in [6.07, 6.45) is 11.6. The SMILES string of the molecule is CCC1C=C(c2ccc(C(=O)Nc3[nH]c4cc(N(C)C(=O)C5CCCCC5)ccc4c3CCC#N)s2)C=[N+]1C. The Morgan fingerprint density at radius 1 is 1.21 bits per heavy atom. The monoisotopic (exact) mass is 542 g/mol. The number of fused-ring (bicyclic) bond motifs is 1. The molecule has 3 heterocycles. The molecular weight excluding hydrogens is 506 g/mol. The van der Waals surface area contributed by atoms with Crippen LogP contribution in [0.1, 0.15) is 72.0 Å². The topological polar surface area (TPSA) is 92.0 Å². The smallest absolute Gasteiger partial charge is 0.266 e. The summed E-state index contributed by atoms with van der Waals surface area (Å²) < 4.78 is 2.20. The predicted molar refractivity (Wildman–Crippen MR) is 159 cm³/mol. The van der Waals surface area contributed by atoms with Crippen molar-refractivity contribution >= 4 is 57.3 Å². The number of amides is 2. The van der Waals surface area contributed by atoms with Gasteiger partial charge in [-0.25, -0.2) is 4.58 Å². The Bertz CT molecular complexity index is 1500. The Morgan fingerprint density at radius 2 is 2.00 bits per heavy atom. The molecule has 1 unspecified atom stereocenters. The average Bonchev–Trinajstić information content (AvgIpc) is 3.68. The molecule has 1 aliphatic heterocycles. The summed E-state index contributed by atoms with van der Waals surface area (Å²) >= 11 is 1.48. The van der Waals surface area contributed by atoms with Crippen LogP contribution in [-0.2, 0) is 11.2 Å². The average molecular weight is 543 g/mol. The highest BCUT2D eigenvalue weighted by molar-refractivity contribution is 7.15. The number of carbonyl (C=O) groups is 2. The molecule has 0 saturated heterocycles. The van der Waals surface area contributed by atoms with Gasteiger partial charge in [-0.2, -0.15) is 5.26 Å². The zero-order valence-electron chi connectivity index (χ0n) is 22.9. The van der Waals surface area contributed by atoms with Crippen LogP contribution in [0.2, 0.25) is 0 Å². The number of aromatic amines is 1. The summed E-state index contributed by atoms with van der Waals surface area (Å²) in [6.45, 7) is 2.17. The van der Waals surface area contributed by atoms with Crippen LogP contribution in [0.5, 0.6) is 0 Å². The standard InChI is InChI=1S/C31H35N5O2S/c1-4-22-17-21(19-35(22)2)27-14-15-28(39-27)30(37)34-29-25(11-8-16-32)24-13-12-23(18-26(24)33-29)36(3)31(38)20-9-6-5-7-10-20/h12-15,17-20,22,33H,4-11H2,1-3H3/p+1. The third-order valence-corrected chi connectivity index (χ3v) is 9.19. The van der Waals surface area contributed by atoms with Crippen LogP contribution in [-0.4, -0.2) is 47.7 Å². The van der Waals surface area contributed by atoms with E-state index in [1.54, 1.807) is 4.90 Å². The first kappa shape index (κ1) is 26.9. The zero-order chi connectivity index (χ0) is 27.5. The molecule has 8 heteroatoms. The fourth-order valence-corrected chi connectivity index (χ4v) is 6.67. The minimum Gasteiger partial charge on any atom is -0.341 e. The fourth-order valence-electron chi connectivity index (χ4n) is 5.77. The third-order valence-electron chi connectivity index (χ3n) is 8.06. The van der Waals surface area contributed by atoms with Crippen molar-refractivity contribution < 1.29 is 14.2 Å². The molecule has 1 saturated carbocycles. The number of anilines is 2. The Hall–Kier alpha value is -3.70. The Labute approximate surface area is 233 Å². The Balaban J connectivity index is 1.38. The van der Waals surface area contributed by atoms with Crippen LogP contribution in [0.25, 0.3) is 16.5 Å². The molecule has 7 nitrogen and oxygen atoms in total. The van der Waals surface area contributed by atoms with Gasteiger partial charge in [0.05, 0.1) is 16.5 Å². The number of nitrogens with zero attached hydrogens (tertiary/aromatic N) is 3. The van der Waals surface area contributed by atoms with E-state index in [1.807, 2.05) is 37.4 Å². The van der Waals surface area contributed by atoms with Crippen molar-refractivity contribution in [2.45, 2.75) is 64.3 Å². The van der Waals surface area contributed by atoms with E-state index < -0.39 is 0 Å². The molecule has 202 valence electrons. The summed E-state index contributed by atoms with van der Waals surface area (Å²) in [5, 5.41) is 13.3. The first-order valence-electron chi connectivity index (χ1n) is 13.9. The van der Waals surface area contributed by atoms with Gasteiger partial charge in [-0.3, -0.25) is 9.59 Å². The number of hydrogen-bond acceptors (Lipinski definition) is 4. The Kier molecular flexibility index (Phi) is 7.99. The number of rotatable bonds is 8. The molecule has 39 heavy (non-hydrogen) atoms. The number of benzene rings is 1. The van der Waals surface area contributed by atoms with Crippen molar-refractivity contribution in [3.8, 4) is 6.07 Å². The third kappa shape index (κ3) is 5.55. The summed E-state index contributed by atoms with van der Waals surface area (Å²) in [5.41, 5.74) is 3.71. The van der Waals surface area contributed by atoms with E-state index in [0.717, 1.165) is 64.7 Å². The molecule has 1 atom stereocenters. The summed E-state index contributed by atoms with van der Waals surface area (Å²) in [7, 11) is 3.92. The van der Waals surface area contributed by atoms with E-state index in [4.69, 9.17) is 0 Å². The maximum absolute atomic E-state index is 13.3. The van der Waals surface area contributed by atoms with Crippen LogP contribution >= 0.6 is 11.3 Å². The number of thiophene rings is 1. The number of aromatic nitrogens is 1. The molecule has 2 amide bonds. The molecule has 0 spiro atoms. The summed E-state index contributed by atoms with van der Waals surface area (Å²) in [4.78, 5) is 33.2. The van der Waals surface area contributed by atoms with Crippen molar-refractivity contribution in [3.63, 3.8) is 0 Å². The Morgan fingerprint density at radius 3 is 2.72 bits per heavy atom.